The molecule has 8 heteroatoms. The molecule has 2 aromatic heterocycles. The summed E-state index contributed by atoms with van der Waals surface area (Å²) in [7, 11) is -4.04. The van der Waals surface area contributed by atoms with Crippen LogP contribution in [0.2, 0.25) is 0 Å². The lowest BCUT2D eigenvalue weighted by Crippen LogP contribution is -2.44. The number of nitrogens with one attached hydrogen (secondary N) is 1. The molecule has 0 saturated heterocycles. The molecule has 1 atom stereocenters. The predicted molar refractivity (Wildman–Crippen MR) is 127 cm³/mol. The van der Waals surface area contributed by atoms with Gasteiger partial charge in [-0.25, -0.2) is 8.42 Å². The van der Waals surface area contributed by atoms with Crippen molar-refractivity contribution in [1.82, 2.24) is 4.72 Å². The van der Waals surface area contributed by atoms with Crippen LogP contribution < -0.4 is 4.72 Å². The Morgan fingerprint density at radius 1 is 0.939 bits per heavy atom. The van der Waals surface area contributed by atoms with Crippen LogP contribution in [0.15, 0.2) is 62.3 Å². The molecule has 4 rings (SSSR count). The van der Waals surface area contributed by atoms with Gasteiger partial charge in [0.15, 0.2) is 0 Å². The van der Waals surface area contributed by atoms with E-state index < -0.39 is 28.0 Å². The molecule has 0 aliphatic carbocycles. The Balaban J connectivity index is 1.73. The van der Waals surface area contributed by atoms with Gasteiger partial charge in [-0.1, -0.05) is 40.7 Å². The van der Waals surface area contributed by atoms with Crippen molar-refractivity contribution in [2.45, 2.75) is 51.0 Å². The van der Waals surface area contributed by atoms with Crippen LogP contribution in [0.3, 0.4) is 0 Å². The Hall–Kier alpha value is -3.10. The minimum atomic E-state index is -4.04. The van der Waals surface area contributed by atoms with Crippen molar-refractivity contribution < 1.29 is 27.2 Å². The monoisotopic (exact) mass is 469 g/mol. The largest absolute Gasteiger partial charge is 0.480 e. The third kappa shape index (κ3) is 4.41. The average Bonchev–Trinajstić information content (AvgIpc) is 3.35. The number of carboxylic acids is 1. The summed E-state index contributed by atoms with van der Waals surface area (Å²) in [5.41, 5.74) is 1.89. The van der Waals surface area contributed by atoms with Gasteiger partial charge in [-0.2, -0.15) is 4.72 Å². The molecule has 2 heterocycles. The highest BCUT2D eigenvalue weighted by molar-refractivity contribution is 7.89. The predicted octanol–water partition coefficient (Wildman–Crippen LogP) is 5.53. The Morgan fingerprint density at radius 3 is 2.27 bits per heavy atom. The van der Waals surface area contributed by atoms with E-state index in [-0.39, 0.29) is 10.3 Å². The van der Waals surface area contributed by atoms with Crippen LogP contribution in [0.25, 0.3) is 33.3 Å². The van der Waals surface area contributed by atoms with Crippen LogP contribution in [-0.2, 0) is 20.2 Å². The van der Waals surface area contributed by atoms with E-state index in [0.717, 1.165) is 22.5 Å². The maximum absolute atomic E-state index is 12.9. The number of carboxylic acid groups (broad SMARTS) is 1. The fourth-order valence-corrected chi connectivity index (χ4v) is 5.04. The van der Waals surface area contributed by atoms with E-state index in [2.05, 4.69) is 25.5 Å². The van der Waals surface area contributed by atoms with E-state index in [1.807, 2.05) is 30.3 Å². The zero-order chi connectivity index (χ0) is 24.1. The van der Waals surface area contributed by atoms with Crippen LogP contribution in [0, 0.1) is 5.92 Å². The van der Waals surface area contributed by atoms with E-state index in [1.54, 1.807) is 19.9 Å². The minimum Gasteiger partial charge on any atom is -0.480 e. The first kappa shape index (κ1) is 23.1. The molecule has 0 aliphatic heterocycles. The first-order chi connectivity index (χ1) is 15.4. The summed E-state index contributed by atoms with van der Waals surface area (Å²) in [6.45, 7) is 9.54. The molecule has 2 N–H and O–H groups in total. The van der Waals surface area contributed by atoms with Gasteiger partial charge in [-0.15, -0.1) is 0 Å². The topological polar surface area (TPSA) is 110 Å². The number of hydrogen-bond acceptors (Lipinski definition) is 5. The SMILES string of the molecule is CC(C)[C@@H](NS(=O)(=O)c1ccc2oc3cc(-c4ccc(C(C)(C)C)o4)ccc3c2c1)C(=O)O. The van der Waals surface area contributed by atoms with Crippen molar-refractivity contribution in [1.29, 1.82) is 0 Å². The van der Waals surface area contributed by atoms with Crippen LogP contribution in [-0.4, -0.2) is 25.5 Å². The van der Waals surface area contributed by atoms with Crippen molar-refractivity contribution in [3.05, 3.63) is 54.3 Å². The Bertz CT molecular complexity index is 1450. The smallest absolute Gasteiger partial charge is 0.322 e. The number of carbonyl (C=O) groups is 1. The van der Waals surface area contributed by atoms with Crippen molar-refractivity contribution >= 4 is 37.9 Å². The summed E-state index contributed by atoms with van der Waals surface area (Å²) in [5.74, 6) is -0.0215. The van der Waals surface area contributed by atoms with Gasteiger partial charge < -0.3 is 13.9 Å². The highest BCUT2D eigenvalue weighted by Crippen LogP contribution is 2.35. The Morgan fingerprint density at radius 2 is 1.67 bits per heavy atom. The summed E-state index contributed by atoms with van der Waals surface area (Å²) in [5, 5.41) is 10.7. The van der Waals surface area contributed by atoms with Crippen LogP contribution in [0.5, 0.6) is 0 Å². The molecule has 7 nitrogen and oxygen atoms in total. The first-order valence-electron chi connectivity index (χ1n) is 10.7. The molecule has 0 aliphatic rings. The zero-order valence-electron chi connectivity index (χ0n) is 19.2. The molecule has 4 aromatic rings. The summed E-state index contributed by atoms with van der Waals surface area (Å²) in [6, 6.07) is 12.8. The second-order valence-electron chi connectivity index (χ2n) is 9.57. The van der Waals surface area contributed by atoms with Gasteiger partial charge in [0.1, 0.15) is 28.7 Å². The number of furan rings is 2. The molecule has 0 spiro atoms. The standard InChI is InChI=1S/C25H27NO6S/c1-14(2)23(24(27)28)26-33(29,30)16-7-9-20-18(13-16)17-8-6-15(12-21(17)31-20)19-10-11-22(32-19)25(3,4)5/h6-14,23,26H,1-5H3,(H,27,28)/t23-/m1/s1. The molecule has 33 heavy (non-hydrogen) atoms. The Kier molecular flexibility index (Phi) is 5.62. The second kappa shape index (κ2) is 8.04. The van der Waals surface area contributed by atoms with Gasteiger partial charge in [0, 0.05) is 21.8 Å². The molecule has 0 unspecified atom stereocenters. The quantitative estimate of drug-likeness (QED) is 0.384. The number of sulfonamides is 1. The summed E-state index contributed by atoms with van der Waals surface area (Å²) < 4.78 is 40.0. The number of benzene rings is 2. The molecule has 0 amide bonds. The molecule has 0 saturated carbocycles. The second-order valence-corrected chi connectivity index (χ2v) is 11.3. The molecule has 174 valence electrons. The maximum atomic E-state index is 12.9. The maximum Gasteiger partial charge on any atom is 0.322 e. The van der Waals surface area contributed by atoms with E-state index >= 15 is 0 Å². The number of rotatable bonds is 6. The van der Waals surface area contributed by atoms with Gasteiger partial charge >= 0.3 is 5.97 Å². The van der Waals surface area contributed by atoms with E-state index in [0.29, 0.717) is 16.6 Å². The number of fused-ring (bicyclic) bond motifs is 3. The lowest BCUT2D eigenvalue weighted by Gasteiger charge is -2.17. The number of hydrogen-bond donors (Lipinski definition) is 2. The molecular formula is C25H27NO6S. The molecule has 0 radical (unpaired) electrons. The molecule has 0 fully saturated rings. The normalized spacial score (nSPS) is 13.8. The fourth-order valence-electron chi connectivity index (χ4n) is 3.68. The lowest BCUT2D eigenvalue weighted by atomic mass is 9.94. The zero-order valence-corrected chi connectivity index (χ0v) is 20.0. The fraction of sp³-hybridized carbons (Fsp3) is 0.320. The van der Waals surface area contributed by atoms with E-state index in [9.17, 15) is 18.3 Å². The van der Waals surface area contributed by atoms with Crippen LogP contribution in [0.1, 0.15) is 40.4 Å². The highest BCUT2D eigenvalue weighted by atomic mass is 32.2. The summed E-state index contributed by atoms with van der Waals surface area (Å²) in [6.07, 6.45) is 0. The summed E-state index contributed by atoms with van der Waals surface area (Å²) >= 11 is 0. The van der Waals surface area contributed by atoms with Crippen molar-refractivity contribution in [3.63, 3.8) is 0 Å². The van der Waals surface area contributed by atoms with Crippen LogP contribution in [0.4, 0.5) is 0 Å². The van der Waals surface area contributed by atoms with E-state index in [4.69, 9.17) is 8.83 Å². The van der Waals surface area contributed by atoms with E-state index in [1.165, 1.54) is 12.1 Å². The Labute approximate surface area is 192 Å². The number of aliphatic carboxylic acids is 1. The molecule has 0 bridgehead atoms. The minimum absolute atomic E-state index is 0.0190. The van der Waals surface area contributed by atoms with Gasteiger partial charge in [0.2, 0.25) is 10.0 Å². The highest BCUT2D eigenvalue weighted by Gasteiger charge is 2.28. The van der Waals surface area contributed by atoms with Crippen LogP contribution >= 0.6 is 0 Å². The van der Waals surface area contributed by atoms with Gasteiger partial charge in [-0.05, 0) is 48.4 Å². The van der Waals surface area contributed by atoms with Gasteiger partial charge in [-0.3, -0.25) is 4.79 Å². The third-order valence-corrected chi connectivity index (χ3v) is 7.04. The van der Waals surface area contributed by atoms with Crippen molar-refractivity contribution in [2.24, 2.45) is 5.92 Å². The molecular weight excluding hydrogens is 442 g/mol. The molecule has 2 aromatic carbocycles. The average molecular weight is 470 g/mol. The third-order valence-electron chi connectivity index (χ3n) is 5.60. The van der Waals surface area contributed by atoms with Crippen molar-refractivity contribution in [3.8, 4) is 11.3 Å². The van der Waals surface area contributed by atoms with Crippen molar-refractivity contribution in [2.75, 3.05) is 0 Å². The first-order valence-corrected chi connectivity index (χ1v) is 12.2. The van der Waals surface area contributed by atoms with Gasteiger partial charge in [0.25, 0.3) is 0 Å². The van der Waals surface area contributed by atoms with Gasteiger partial charge in [0.05, 0.1) is 4.90 Å². The lowest BCUT2D eigenvalue weighted by molar-refractivity contribution is -0.140. The summed E-state index contributed by atoms with van der Waals surface area (Å²) in [4.78, 5) is 11.4.